The minimum Gasteiger partial charge on any atom is -0.506 e. The first-order chi connectivity index (χ1) is 23.9. The summed E-state index contributed by atoms with van der Waals surface area (Å²) in [6, 6.07) is 9.01. The Balaban J connectivity index is 1.24. The standard InChI is InChI=1S/C40H50N6O3/c1-26-31(33-36(47)34(37(33)48)32-27(2)45-46(40(32)49)30-22-7-4-8-23-30)38(42-25-15-13-21-29-19-11-12-20-29)44-39(35(26)41-3)43-24-14-5-6-16-28-17-9-10-18-28/h4,7-8,22-23,28-29,47H,5-6,9-21,24-25H2,1-2H3,(H2,42,43,44)/b34-32-. The number of Topliss-reactive ketones (excluding diaryl/α,β-unsaturated/α-hetero) is 1. The first kappa shape index (κ1) is 34.4. The van der Waals surface area contributed by atoms with E-state index < -0.39 is 11.7 Å². The number of hydrazone groups is 1. The van der Waals surface area contributed by atoms with Gasteiger partial charge in [0.05, 0.1) is 34.7 Å². The Labute approximate surface area is 290 Å². The van der Waals surface area contributed by atoms with E-state index in [1.165, 1.54) is 75.6 Å². The van der Waals surface area contributed by atoms with Gasteiger partial charge in [-0.15, -0.1) is 0 Å². The number of nitrogens with zero attached hydrogens (tertiary/aromatic N) is 4. The van der Waals surface area contributed by atoms with E-state index >= 15 is 0 Å². The summed E-state index contributed by atoms with van der Waals surface area (Å²) in [6.07, 6.45) is 18.8. The number of nitrogens with one attached hydrogen (secondary N) is 2. The summed E-state index contributed by atoms with van der Waals surface area (Å²) in [5.41, 5.74) is 2.43. The van der Waals surface area contributed by atoms with Crippen LogP contribution in [0.1, 0.15) is 114 Å². The lowest BCUT2D eigenvalue weighted by atomic mass is 9.78. The molecule has 2 heterocycles. The second-order valence-electron chi connectivity index (χ2n) is 14.2. The fraction of sp³-hybridized carbons (Fsp3) is 0.525. The van der Waals surface area contributed by atoms with Crippen molar-refractivity contribution in [2.75, 3.05) is 28.7 Å². The number of ketones is 1. The number of para-hydroxylation sites is 1. The number of unbranched alkanes of at least 4 members (excludes halogenated alkanes) is 3. The Morgan fingerprint density at radius 2 is 1.41 bits per heavy atom. The van der Waals surface area contributed by atoms with Crippen LogP contribution in [-0.2, 0) is 9.59 Å². The number of anilines is 3. The third-order valence-electron chi connectivity index (χ3n) is 10.8. The number of aromatic nitrogens is 1. The molecule has 1 amide bonds. The number of pyridine rings is 1. The molecule has 0 saturated heterocycles. The number of rotatable bonds is 15. The third kappa shape index (κ3) is 7.44. The molecule has 3 aliphatic carbocycles. The van der Waals surface area contributed by atoms with Gasteiger partial charge in [-0.2, -0.15) is 10.1 Å². The molecule has 4 aliphatic rings. The molecule has 1 aromatic carbocycles. The highest BCUT2D eigenvalue weighted by atomic mass is 16.3. The van der Waals surface area contributed by atoms with Crippen molar-refractivity contribution in [3.8, 4) is 0 Å². The first-order valence-corrected chi connectivity index (χ1v) is 18.5. The van der Waals surface area contributed by atoms with Crippen molar-refractivity contribution in [3.05, 3.63) is 69.8 Å². The summed E-state index contributed by atoms with van der Waals surface area (Å²) >= 11 is 0. The van der Waals surface area contributed by atoms with Gasteiger partial charge in [-0.1, -0.05) is 102 Å². The maximum absolute atomic E-state index is 13.9. The Morgan fingerprint density at radius 3 is 2.02 bits per heavy atom. The Morgan fingerprint density at radius 1 is 0.816 bits per heavy atom. The number of carbonyl (C=O) groups is 2. The summed E-state index contributed by atoms with van der Waals surface area (Å²) in [4.78, 5) is 36.1. The lowest BCUT2D eigenvalue weighted by molar-refractivity contribution is -0.115. The molecule has 1 aromatic heterocycles. The van der Waals surface area contributed by atoms with Crippen molar-refractivity contribution in [3.63, 3.8) is 0 Å². The first-order valence-electron chi connectivity index (χ1n) is 18.5. The normalized spacial score (nSPS) is 19.9. The van der Waals surface area contributed by atoms with Crippen LogP contribution in [0.5, 0.6) is 0 Å². The second-order valence-corrected chi connectivity index (χ2v) is 14.2. The fourth-order valence-corrected chi connectivity index (χ4v) is 8.10. The smallest absolute Gasteiger partial charge is 0.281 e. The number of hydrogen-bond donors (Lipinski definition) is 3. The van der Waals surface area contributed by atoms with Crippen LogP contribution in [0.2, 0.25) is 0 Å². The van der Waals surface area contributed by atoms with Crippen molar-refractivity contribution in [2.45, 2.75) is 110 Å². The van der Waals surface area contributed by atoms with E-state index in [1.807, 2.05) is 25.1 Å². The van der Waals surface area contributed by atoms with E-state index in [1.54, 1.807) is 19.1 Å². The predicted octanol–water partition coefficient (Wildman–Crippen LogP) is 9.45. The van der Waals surface area contributed by atoms with E-state index in [9.17, 15) is 14.7 Å². The zero-order valence-electron chi connectivity index (χ0n) is 29.1. The fourth-order valence-electron chi connectivity index (χ4n) is 8.10. The van der Waals surface area contributed by atoms with Gasteiger partial charge in [-0.05, 0) is 56.2 Å². The summed E-state index contributed by atoms with van der Waals surface area (Å²) in [6.45, 7) is 12.9. The van der Waals surface area contributed by atoms with Crippen molar-refractivity contribution in [1.29, 1.82) is 0 Å². The molecule has 3 N–H and O–H groups in total. The van der Waals surface area contributed by atoms with Crippen molar-refractivity contribution in [2.24, 2.45) is 16.9 Å². The minimum absolute atomic E-state index is 0.0363. The number of allylic oxidation sites excluding steroid dienone is 2. The topological polar surface area (TPSA) is 111 Å². The number of hydrogen-bond acceptors (Lipinski definition) is 7. The predicted molar refractivity (Wildman–Crippen MR) is 197 cm³/mol. The third-order valence-corrected chi connectivity index (χ3v) is 10.8. The zero-order chi connectivity index (χ0) is 34.3. The van der Waals surface area contributed by atoms with E-state index in [4.69, 9.17) is 11.6 Å². The van der Waals surface area contributed by atoms with Crippen LogP contribution in [-0.4, -0.2) is 40.6 Å². The van der Waals surface area contributed by atoms with Gasteiger partial charge in [0, 0.05) is 18.7 Å². The number of benzene rings is 1. The molecular weight excluding hydrogens is 612 g/mol. The van der Waals surface area contributed by atoms with E-state index in [2.05, 4.69) is 20.6 Å². The molecule has 0 unspecified atom stereocenters. The molecule has 2 saturated carbocycles. The van der Waals surface area contributed by atoms with Crippen LogP contribution in [0.3, 0.4) is 0 Å². The van der Waals surface area contributed by atoms with Crippen LogP contribution < -0.4 is 15.6 Å². The Kier molecular flexibility index (Phi) is 11.1. The summed E-state index contributed by atoms with van der Waals surface area (Å²) in [5, 5.41) is 24.0. The molecule has 2 fully saturated rings. The molecule has 258 valence electrons. The van der Waals surface area contributed by atoms with Crippen LogP contribution in [0.25, 0.3) is 10.4 Å². The number of carbonyl (C=O) groups excluding carboxylic acids is 2. The minimum atomic E-state index is -0.460. The molecule has 0 radical (unpaired) electrons. The van der Waals surface area contributed by atoms with Crippen molar-refractivity contribution in [1.82, 2.24) is 4.98 Å². The lowest BCUT2D eigenvalue weighted by Gasteiger charge is -2.27. The van der Waals surface area contributed by atoms with Gasteiger partial charge in [-0.25, -0.2) is 9.83 Å². The molecule has 9 heteroatoms. The average Bonchev–Trinajstić information content (AvgIpc) is 3.88. The second kappa shape index (κ2) is 15.8. The van der Waals surface area contributed by atoms with Gasteiger partial charge in [0.25, 0.3) is 5.91 Å². The molecule has 2 aromatic rings. The molecule has 0 spiro atoms. The highest BCUT2D eigenvalue weighted by Gasteiger charge is 2.44. The van der Waals surface area contributed by atoms with Gasteiger partial charge in [-0.3, -0.25) is 9.59 Å². The lowest BCUT2D eigenvalue weighted by Crippen LogP contribution is -2.30. The van der Waals surface area contributed by atoms with Gasteiger partial charge in [0.1, 0.15) is 17.4 Å². The molecule has 0 bridgehead atoms. The quantitative estimate of drug-likeness (QED) is 0.0995. The Bertz CT molecular complexity index is 1690. The van der Waals surface area contributed by atoms with Crippen LogP contribution >= 0.6 is 0 Å². The Hall–Kier alpha value is -4.45. The monoisotopic (exact) mass is 662 g/mol. The maximum Gasteiger partial charge on any atom is 0.281 e. The SMILES string of the molecule is [C-]#[N+]c1c(NCCCCCC2CCCC2)nc(NCCCCC2CCCC2)c(C2=C(O)/C(=C3/C(=O)N(c4ccccc4)N=C3C)C2=O)c1C. The average molecular weight is 663 g/mol. The molecule has 0 atom stereocenters. The summed E-state index contributed by atoms with van der Waals surface area (Å²) in [5.74, 6) is 1.53. The van der Waals surface area contributed by atoms with Crippen molar-refractivity contribution < 1.29 is 14.7 Å². The van der Waals surface area contributed by atoms with Gasteiger partial charge < -0.3 is 15.7 Å². The van der Waals surface area contributed by atoms with E-state index in [-0.39, 0.29) is 22.5 Å². The summed E-state index contributed by atoms with van der Waals surface area (Å²) < 4.78 is 0. The van der Waals surface area contributed by atoms with Gasteiger partial charge in [0.15, 0.2) is 0 Å². The van der Waals surface area contributed by atoms with Crippen LogP contribution in [0.4, 0.5) is 23.0 Å². The van der Waals surface area contributed by atoms with Gasteiger partial charge in [0.2, 0.25) is 11.5 Å². The highest BCUT2D eigenvalue weighted by molar-refractivity contribution is 6.45. The maximum atomic E-state index is 13.9. The number of aliphatic hydroxyl groups is 1. The van der Waals surface area contributed by atoms with Crippen LogP contribution in [0.15, 0.2) is 52.3 Å². The molecule has 1 aliphatic heterocycles. The highest BCUT2D eigenvalue weighted by Crippen LogP contribution is 2.46. The number of amides is 1. The molecule has 9 nitrogen and oxygen atoms in total. The largest absolute Gasteiger partial charge is 0.506 e. The molecule has 49 heavy (non-hydrogen) atoms. The van der Waals surface area contributed by atoms with Gasteiger partial charge >= 0.3 is 0 Å². The number of aliphatic hydroxyl groups excluding tert-OH is 1. The van der Waals surface area contributed by atoms with E-state index in [0.29, 0.717) is 52.9 Å². The van der Waals surface area contributed by atoms with E-state index in [0.717, 1.165) is 37.5 Å². The zero-order valence-corrected chi connectivity index (χ0v) is 29.1. The van der Waals surface area contributed by atoms with Crippen molar-refractivity contribution >= 4 is 46.0 Å². The molecule has 6 rings (SSSR count). The van der Waals surface area contributed by atoms with Crippen LogP contribution in [0, 0.1) is 25.3 Å². The summed E-state index contributed by atoms with van der Waals surface area (Å²) in [7, 11) is 0. The molecular formula is C40H50N6O3.